The molecule has 0 aliphatic heterocycles. The first-order valence-electron chi connectivity index (χ1n) is 7.29. The zero-order chi connectivity index (χ0) is 17.8. The van der Waals surface area contributed by atoms with E-state index in [1.165, 1.54) is 6.07 Å². The molecule has 0 aromatic heterocycles. The molecule has 0 aliphatic rings. The first kappa shape index (κ1) is 19.6. The van der Waals surface area contributed by atoms with Crippen molar-refractivity contribution in [1.29, 1.82) is 0 Å². The molecule has 0 fully saturated rings. The topological polar surface area (TPSA) is 116 Å². The number of benzene rings is 1. The van der Waals surface area contributed by atoms with E-state index in [1.54, 1.807) is 6.07 Å². The molecule has 1 aromatic rings. The van der Waals surface area contributed by atoms with E-state index in [0.29, 0.717) is 10.0 Å². The van der Waals surface area contributed by atoms with Crippen molar-refractivity contribution >= 4 is 37.6 Å². The fourth-order valence-electron chi connectivity index (χ4n) is 2.48. The third-order valence-electron chi connectivity index (χ3n) is 3.53. The van der Waals surface area contributed by atoms with Crippen LogP contribution < -0.4 is 11.5 Å². The van der Waals surface area contributed by atoms with Gasteiger partial charge in [-0.25, -0.2) is 8.42 Å². The number of carbonyl (C=O) groups is 1. The minimum absolute atomic E-state index is 0.105. The van der Waals surface area contributed by atoms with Crippen molar-refractivity contribution in [3.8, 4) is 0 Å². The van der Waals surface area contributed by atoms with Gasteiger partial charge < -0.3 is 11.5 Å². The second kappa shape index (κ2) is 7.92. The molecule has 128 valence electrons. The largest absolute Gasteiger partial charge is 0.370 e. The molecule has 4 N–H and O–H groups in total. The van der Waals surface area contributed by atoms with E-state index in [1.807, 2.05) is 6.92 Å². The molecule has 0 radical (unpaired) electrons. The fourth-order valence-corrected chi connectivity index (χ4v) is 3.99. The fraction of sp³-hybridized carbons (Fsp3) is 0.467. The summed E-state index contributed by atoms with van der Waals surface area (Å²) in [6.07, 6.45) is 3.75. The molecule has 1 atom stereocenters. The van der Waals surface area contributed by atoms with Crippen molar-refractivity contribution in [3.05, 3.63) is 27.7 Å². The van der Waals surface area contributed by atoms with Gasteiger partial charge in [-0.05, 0) is 52.4 Å². The molecule has 0 saturated carbocycles. The average molecular weight is 404 g/mol. The molecular weight excluding hydrogens is 382 g/mol. The number of nitrogens with two attached hydrogens (primary N) is 2. The number of halogens is 1. The molecule has 1 rings (SSSR count). The standard InChI is InChI=1S/C15H22BrN3O3S/c1-4-6-9(5-2)10-7-12(16)11(14(20)19-15(17)18)8-13(10)23(3,21)22/h7-9H,4-6H2,1-3H3,(H4,17,18,19,20). The Bertz CT molecular complexity index is 726. The van der Waals surface area contributed by atoms with Gasteiger partial charge in [0.2, 0.25) is 0 Å². The zero-order valence-corrected chi connectivity index (χ0v) is 15.9. The van der Waals surface area contributed by atoms with Gasteiger partial charge in [0.25, 0.3) is 5.91 Å². The number of sulfone groups is 1. The predicted octanol–water partition coefficient (Wildman–Crippen LogP) is 2.56. The van der Waals surface area contributed by atoms with Gasteiger partial charge in [0, 0.05) is 10.7 Å². The first-order chi connectivity index (χ1) is 10.6. The number of aliphatic imine (C=N–C) groups is 1. The van der Waals surface area contributed by atoms with Crippen molar-refractivity contribution in [3.63, 3.8) is 0 Å². The van der Waals surface area contributed by atoms with E-state index in [2.05, 4.69) is 27.8 Å². The molecule has 0 spiro atoms. The van der Waals surface area contributed by atoms with E-state index in [9.17, 15) is 13.2 Å². The molecule has 6 nitrogen and oxygen atoms in total. The van der Waals surface area contributed by atoms with Crippen LogP contribution in [0.5, 0.6) is 0 Å². The summed E-state index contributed by atoms with van der Waals surface area (Å²) in [6.45, 7) is 4.06. The van der Waals surface area contributed by atoms with Gasteiger partial charge in [0.1, 0.15) is 0 Å². The van der Waals surface area contributed by atoms with Crippen molar-refractivity contribution in [2.24, 2.45) is 16.5 Å². The maximum Gasteiger partial charge on any atom is 0.281 e. The highest BCUT2D eigenvalue weighted by Crippen LogP contribution is 2.34. The number of guanidine groups is 1. The lowest BCUT2D eigenvalue weighted by Gasteiger charge is -2.19. The Morgan fingerprint density at radius 1 is 1.30 bits per heavy atom. The minimum atomic E-state index is -3.49. The Morgan fingerprint density at radius 2 is 1.91 bits per heavy atom. The number of amides is 1. The van der Waals surface area contributed by atoms with E-state index < -0.39 is 15.7 Å². The van der Waals surface area contributed by atoms with Crippen LogP contribution in [0.4, 0.5) is 0 Å². The van der Waals surface area contributed by atoms with Gasteiger partial charge in [-0.15, -0.1) is 0 Å². The Morgan fingerprint density at radius 3 is 2.35 bits per heavy atom. The normalized spacial score (nSPS) is 12.7. The highest BCUT2D eigenvalue weighted by Gasteiger charge is 2.23. The smallest absolute Gasteiger partial charge is 0.281 e. The average Bonchev–Trinajstić information content (AvgIpc) is 2.42. The summed E-state index contributed by atoms with van der Waals surface area (Å²) in [6, 6.07) is 3.04. The summed E-state index contributed by atoms with van der Waals surface area (Å²) in [5.74, 6) is -0.950. The maximum atomic E-state index is 12.2. The van der Waals surface area contributed by atoms with E-state index in [0.717, 1.165) is 25.5 Å². The number of hydrogen-bond donors (Lipinski definition) is 2. The quantitative estimate of drug-likeness (QED) is 0.559. The predicted molar refractivity (Wildman–Crippen MR) is 95.3 cm³/mol. The molecule has 8 heteroatoms. The van der Waals surface area contributed by atoms with E-state index in [-0.39, 0.29) is 22.3 Å². The molecule has 1 unspecified atom stereocenters. The number of rotatable bonds is 6. The summed E-state index contributed by atoms with van der Waals surface area (Å²) in [7, 11) is -3.49. The third-order valence-corrected chi connectivity index (χ3v) is 5.34. The van der Waals surface area contributed by atoms with Crippen LogP contribution in [0.15, 0.2) is 26.5 Å². The van der Waals surface area contributed by atoms with Crippen LogP contribution in [0, 0.1) is 0 Å². The number of carbonyl (C=O) groups excluding carboxylic acids is 1. The van der Waals surface area contributed by atoms with Gasteiger partial charge in [-0.2, -0.15) is 4.99 Å². The summed E-state index contributed by atoms with van der Waals surface area (Å²) >= 11 is 3.32. The number of hydrogen-bond acceptors (Lipinski definition) is 3. The second-order valence-corrected chi connectivity index (χ2v) is 8.22. The van der Waals surface area contributed by atoms with Crippen LogP contribution >= 0.6 is 15.9 Å². The Hall–Kier alpha value is -1.41. The van der Waals surface area contributed by atoms with Crippen LogP contribution in [0.1, 0.15) is 54.9 Å². The Labute approximate surface area is 145 Å². The highest BCUT2D eigenvalue weighted by molar-refractivity contribution is 9.10. The lowest BCUT2D eigenvalue weighted by Crippen LogP contribution is -2.24. The SMILES string of the molecule is CCCC(CC)c1cc(Br)c(C(=O)N=C(N)N)cc1S(C)(=O)=O. The van der Waals surface area contributed by atoms with Crippen molar-refractivity contribution in [2.75, 3.05) is 6.26 Å². The summed E-state index contributed by atoms with van der Waals surface area (Å²) in [5.41, 5.74) is 11.3. The molecule has 1 aromatic carbocycles. The Kier molecular flexibility index (Phi) is 6.76. The molecule has 0 heterocycles. The first-order valence-corrected chi connectivity index (χ1v) is 9.97. The van der Waals surface area contributed by atoms with Crippen molar-refractivity contribution < 1.29 is 13.2 Å². The molecule has 1 amide bonds. The monoisotopic (exact) mass is 403 g/mol. The summed E-state index contributed by atoms with van der Waals surface area (Å²) < 4.78 is 24.8. The van der Waals surface area contributed by atoms with Crippen LogP contribution in [-0.2, 0) is 9.84 Å². The van der Waals surface area contributed by atoms with Gasteiger partial charge in [0.05, 0.1) is 10.5 Å². The second-order valence-electron chi connectivity index (χ2n) is 5.38. The molecule has 0 bridgehead atoms. The van der Waals surface area contributed by atoms with Crippen LogP contribution in [-0.4, -0.2) is 26.5 Å². The lowest BCUT2D eigenvalue weighted by molar-refractivity contribution is 0.100. The molecule has 0 aliphatic carbocycles. The van der Waals surface area contributed by atoms with Gasteiger partial charge in [-0.3, -0.25) is 4.79 Å². The van der Waals surface area contributed by atoms with Crippen LogP contribution in [0.3, 0.4) is 0 Å². The van der Waals surface area contributed by atoms with E-state index >= 15 is 0 Å². The summed E-state index contributed by atoms with van der Waals surface area (Å²) in [5, 5.41) is 0. The molecule has 0 saturated heterocycles. The minimum Gasteiger partial charge on any atom is -0.370 e. The molecule has 23 heavy (non-hydrogen) atoms. The third kappa shape index (κ3) is 5.04. The van der Waals surface area contributed by atoms with Gasteiger partial charge in [0.15, 0.2) is 15.8 Å². The zero-order valence-electron chi connectivity index (χ0n) is 13.5. The van der Waals surface area contributed by atoms with Crippen molar-refractivity contribution in [2.45, 2.75) is 43.9 Å². The lowest BCUT2D eigenvalue weighted by atomic mass is 9.91. The number of nitrogens with zero attached hydrogens (tertiary/aromatic N) is 1. The molecular formula is C15H22BrN3O3S. The van der Waals surface area contributed by atoms with Crippen LogP contribution in [0.2, 0.25) is 0 Å². The van der Waals surface area contributed by atoms with Crippen molar-refractivity contribution in [1.82, 2.24) is 0 Å². The van der Waals surface area contributed by atoms with Gasteiger partial charge >= 0.3 is 0 Å². The maximum absolute atomic E-state index is 12.2. The van der Waals surface area contributed by atoms with E-state index in [4.69, 9.17) is 11.5 Å². The highest BCUT2D eigenvalue weighted by atomic mass is 79.9. The summed E-state index contributed by atoms with van der Waals surface area (Å²) in [4.78, 5) is 15.7. The van der Waals surface area contributed by atoms with Gasteiger partial charge in [-0.1, -0.05) is 20.3 Å². The Balaban J connectivity index is 3.60. The van der Waals surface area contributed by atoms with Crippen LogP contribution in [0.25, 0.3) is 0 Å².